The van der Waals surface area contributed by atoms with Crippen LogP contribution in [-0.2, 0) is 23.9 Å². The van der Waals surface area contributed by atoms with Crippen LogP contribution in [0.3, 0.4) is 0 Å². The molecule has 2 rings (SSSR count). The first kappa shape index (κ1) is 21.1. The van der Waals surface area contributed by atoms with Crippen molar-refractivity contribution in [2.45, 2.75) is 38.0 Å². The van der Waals surface area contributed by atoms with Crippen LogP contribution in [0.25, 0.3) is 0 Å². The van der Waals surface area contributed by atoms with Crippen LogP contribution in [0.15, 0.2) is 36.6 Å². The van der Waals surface area contributed by atoms with Gasteiger partial charge in [-0.1, -0.05) is 25.8 Å². The lowest BCUT2D eigenvalue weighted by Crippen LogP contribution is -2.50. The number of unbranched alkanes of at least 4 members (excludes halogenated alkanes) is 1. The van der Waals surface area contributed by atoms with Gasteiger partial charge < -0.3 is 20.3 Å². The summed E-state index contributed by atoms with van der Waals surface area (Å²) in [6, 6.07) is -1.03. The molecule has 2 atom stereocenters. The molecule has 2 aliphatic rings. The van der Waals surface area contributed by atoms with Gasteiger partial charge in [-0.05, 0) is 24.8 Å². The van der Waals surface area contributed by atoms with Gasteiger partial charge >= 0.3 is 11.9 Å². The third kappa shape index (κ3) is 5.03. The molecule has 0 radical (unpaired) electrons. The van der Waals surface area contributed by atoms with E-state index in [0.29, 0.717) is 12.8 Å². The lowest BCUT2D eigenvalue weighted by Gasteiger charge is -2.25. The Balaban J connectivity index is 0.000000273. The smallest absolute Gasteiger partial charge is 0.361 e. The first-order valence-electron chi connectivity index (χ1n) is 7.97. The molecule has 9 heteroatoms. The van der Waals surface area contributed by atoms with E-state index in [2.05, 4.69) is 5.32 Å². The van der Waals surface area contributed by atoms with Crippen LogP contribution in [0, 0.1) is 0 Å². The van der Waals surface area contributed by atoms with Crippen LogP contribution in [0.4, 0.5) is 0 Å². The molecule has 0 aliphatic carbocycles. The number of carbonyl (C=O) groups is 4. The molecule has 2 heterocycles. The molecule has 0 fully saturated rings. The molecule has 2 amide bonds. The predicted octanol–water partition coefficient (Wildman–Crippen LogP) is 0.642. The van der Waals surface area contributed by atoms with E-state index < -0.39 is 35.5 Å². The highest BCUT2D eigenvalue weighted by Crippen LogP contribution is 2.15. The maximum absolute atomic E-state index is 11.2. The summed E-state index contributed by atoms with van der Waals surface area (Å²) in [6.45, 7) is 1.92. The molecular formula is C17H22N2O7. The summed E-state index contributed by atoms with van der Waals surface area (Å²) in [5, 5.41) is 20.2. The highest BCUT2D eigenvalue weighted by molar-refractivity contribution is 6.14. The number of imide groups is 1. The number of carboxylic acid groups (broad SMARTS) is 2. The van der Waals surface area contributed by atoms with Crippen LogP contribution < -0.4 is 5.32 Å². The minimum atomic E-state index is -1.38. The van der Waals surface area contributed by atoms with Gasteiger partial charge in [-0.2, -0.15) is 0 Å². The number of nitrogens with one attached hydrogen (secondary N) is 1. The van der Waals surface area contributed by atoms with Crippen molar-refractivity contribution >= 4 is 23.8 Å². The summed E-state index contributed by atoms with van der Waals surface area (Å²) in [7, 11) is 1.34. The molecule has 0 aromatic rings. The second kappa shape index (κ2) is 9.52. The molecule has 2 unspecified atom stereocenters. The Morgan fingerprint density at radius 2 is 1.85 bits per heavy atom. The van der Waals surface area contributed by atoms with Crippen molar-refractivity contribution in [3.05, 3.63) is 36.6 Å². The van der Waals surface area contributed by atoms with Crippen molar-refractivity contribution < 1.29 is 34.1 Å². The zero-order chi connectivity index (χ0) is 19.7. The highest BCUT2D eigenvalue weighted by atomic mass is 16.5. The normalized spacial score (nSPS) is 21.8. The lowest BCUT2D eigenvalue weighted by molar-refractivity contribution is -0.158. The largest absolute Gasteiger partial charge is 0.480 e. The molecule has 3 N–H and O–H groups in total. The van der Waals surface area contributed by atoms with Crippen molar-refractivity contribution in [2.24, 2.45) is 0 Å². The fraction of sp³-hybridized carbons (Fsp3) is 0.412. The second-order valence-electron chi connectivity index (χ2n) is 5.48. The minimum Gasteiger partial charge on any atom is -0.480 e. The quantitative estimate of drug-likeness (QED) is 0.559. The number of rotatable bonds is 7. The van der Waals surface area contributed by atoms with Crippen LogP contribution in [0.1, 0.15) is 26.2 Å². The van der Waals surface area contributed by atoms with Crippen molar-refractivity contribution in [3.63, 3.8) is 0 Å². The molecule has 2 aliphatic heterocycles. The van der Waals surface area contributed by atoms with Gasteiger partial charge in [0.25, 0.3) is 17.5 Å². The van der Waals surface area contributed by atoms with Gasteiger partial charge in [0.15, 0.2) is 0 Å². The fourth-order valence-corrected chi connectivity index (χ4v) is 2.29. The Bertz CT molecular complexity index is 635. The molecule has 0 aromatic heterocycles. The van der Waals surface area contributed by atoms with Crippen molar-refractivity contribution in [1.29, 1.82) is 0 Å². The first-order valence-corrected chi connectivity index (χ1v) is 7.97. The van der Waals surface area contributed by atoms with Gasteiger partial charge in [0.1, 0.15) is 6.04 Å². The molecular weight excluding hydrogens is 344 g/mol. The zero-order valence-electron chi connectivity index (χ0n) is 14.5. The van der Waals surface area contributed by atoms with Crippen molar-refractivity contribution in [1.82, 2.24) is 10.2 Å². The maximum atomic E-state index is 11.2. The number of hydrogen-bond acceptors (Lipinski definition) is 6. The lowest BCUT2D eigenvalue weighted by atomic mass is 10.1. The average molecular weight is 366 g/mol. The number of ether oxygens (including phenoxy) is 1. The Labute approximate surface area is 150 Å². The third-order valence-corrected chi connectivity index (χ3v) is 3.75. The summed E-state index contributed by atoms with van der Waals surface area (Å²) in [6.07, 6.45) is 10.3. The zero-order valence-corrected chi connectivity index (χ0v) is 14.5. The second-order valence-corrected chi connectivity index (χ2v) is 5.48. The number of methoxy groups -OCH3 is 1. The van der Waals surface area contributed by atoms with E-state index in [0.717, 1.165) is 23.5 Å². The van der Waals surface area contributed by atoms with E-state index in [1.165, 1.54) is 19.4 Å². The van der Waals surface area contributed by atoms with Gasteiger partial charge in [0.2, 0.25) is 0 Å². The molecule has 0 spiro atoms. The first-order chi connectivity index (χ1) is 12.3. The van der Waals surface area contributed by atoms with E-state index >= 15 is 0 Å². The van der Waals surface area contributed by atoms with Gasteiger partial charge in [-0.25, -0.2) is 9.59 Å². The Hall–Kier alpha value is -2.94. The molecule has 0 bridgehead atoms. The number of carbonyl (C=O) groups excluding carboxylic acids is 2. The Morgan fingerprint density at radius 3 is 2.19 bits per heavy atom. The summed E-state index contributed by atoms with van der Waals surface area (Å²) in [5.41, 5.74) is -1.38. The number of dihydropyridines is 1. The molecule has 142 valence electrons. The number of nitrogens with zero attached hydrogens (tertiary/aromatic N) is 1. The topological polar surface area (TPSA) is 133 Å². The average Bonchev–Trinajstić information content (AvgIpc) is 2.95. The molecule has 9 nitrogen and oxygen atoms in total. The van der Waals surface area contributed by atoms with Crippen LogP contribution in [0.5, 0.6) is 0 Å². The van der Waals surface area contributed by atoms with Crippen LogP contribution in [0.2, 0.25) is 0 Å². The highest BCUT2D eigenvalue weighted by Gasteiger charge is 2.36. The van der Waals surface area contributed by atoms with E-state index in [4.69, 9.17) is 14.9 Å². The van der Waals surface area contributed by atoms with Gasteiger partial charge in [0.05, 0.1) is 0 Å². The molecule has 0 saturated heterocycles. The summed E-state index contributed by atoms with van der Waals surface area (Å²) < 4.78 is 4.79. The van der Waals surface area contributed by atoms with Crippen LogP contribution >= 0.6 is 0 Å². The number of hydrogen-bond donors (Lipinski definition) is 3. The molecule has 26 heavy (non-hydrogen) atoms. The third-order valence-electron chi connectivity index (χ3n) is 3.75. The summed E-state index contributed by atoms with van der Waals surface area (Å²) in [4.78, 5) is 44.8. The minimum absolute atomic E-state index is 0.311. The fourth-order valence-electron chi connectivity index (χ4n) is 2.29. The Morgan fingerprint density at radius 1 is 1.23 bits per heavy atom. The van der Waals surface area contributed by atoms with E-state index in [-0.39, 0.29) is 0 Å². The van der Waals surface area contributed by atoms with Crippen LogP contribution in [-0.4, -0.2) is 57.7 Å². The van der Waals surface area contributed by atoms with E-state index in [1.807, 2.05) is 6.92 Å². The number of aliphatic carboxylic acids is 2. The number of amides is 2. The molecule has 0 saturated carbocycles. The standard InChI is InChI=1S/C10H13NO4.C7H9NO3/c1-2-3-4-7(10(14)15)11-8(12)5-6-9(11)13;1-11-7(6(9)10)4-2-3-5-8-7/h5-7H,2-4H2,1H3,(H,14,15);2-5,8H,1H3,(H,9,10). The summed E-state index contributed by atoms with van der Waals surface area (Å²) in [5.74, 6) is -3.26. The predicted molar refractivity (Wildman–Crippen MR) is 90.7 cm³/mol. The van der Waals surface area contributed by atoms with E-state index in [1.54, 1.807) is 12.2 Å². The van der Waals surface area contributed by atoms with Gasteiger partial charge in [-0.15, -0.1) is 0 Å². The monoisotopic (exact) mass is 366 g/mol. The maximum Gasteiger partial charge on any atom is 0.361 e. The molecule has 0 aromatic carbocycles. The van der Waals surface area contributed by atoms with Gasteiger partial charge in [-0.3, -0.25) is 14.5 Å². The summed E-state index contributed by atoms with van der Waals surface area (Å²) >= 11 is 0. The van der Waals surface area contributed by atoms with Crippen molar-refractivity contribution in [2.75, 3.05) is 7.11 Å². The number of carboxylic acids is 2. The van der Waals surface area contributed by atoms with Gasteiger partial charge in [0, 0.05) is 19.3 Å². The number of allylic oxidation sites excluding steroid dienone is 2. The Kier molecular flexibility index (Phi) is 7.73. The van der Waals surface area contributed by atoms with Crippen molar-refractivity contribution in [3.8, 4) is 0 Å². The SMILES string of the molecule is CCCCC(C(=O)O)N1C(=O)C=CC1=O.COC1(C(=O)O)C=CC=CN1. The van der Waals surface area contributed by atoms with E-state index in [9.17, 15) is 19.2 Å².